The maximum absolute atomic E-state index is 11.7. The number of carbonyl (C=O) groups is 1. The minimum absolute atomic E-state index is 0.240. The van der Waals surface area contributed by atoms with E-state index in [1.807, 2.05) is 25.7 Å². The van der Waals surface area contributed by atoms with E-state index >= 15 is 0 Å². The van der Waals surface area contributed by atoms with Crippen molar-refractivity contribution in [3.05, 3.63) is 16.8 Å². The first-order chi connectivity index (χ1) is 9.51. The van der Waals surface area contributed by atoms with Gasteiger partial charge in [0.2, 0.25) is 0 Å². The molecule has 0 aliphatic carbocycles. The van der Waals surface area contributed by atoms with Gasteiger partial charge < -0.3 is 10.0 Å². The van der Waals surface area contributed by atoms with Crippen LogP contribution in [0.1, 0.15) is 62.7 Å². The summed E-state index contributed by atoms with van der Waals surface area (Å²) in [6, 6.07) is 0.240. The van der Waals surface area contributed by atoms with Crippen molar-refractivity contribution >= 4 is 11.8 Å². The lowest BCUT2D eigenvalue weighted by atomic mass is 10.0. The number of carboxylic acids is 1. The zero-order valence-electron chi connectivity index (χ0n) is 13.1. The third-order valence-corrected chi connectivity index (χ3v) is 3.78. The second kappa shape index (κ2) is 7.22. The van der Waals surface area contributed by atoms with Gasteiger partial charge in [0.15, 0.2) is 5.82 Å². The van der Waals surface area contributed by atoms with Gasteiger partial charge in [0.25, 0.3) is 0 Å². The SMILES string of the molecule is CCc1nnc(N(CC)C(C)CC)c(C(=O)O)c1CC. The van der Waals surface area contributed by atoms with E-state index < -0.39 is 5.97 Å². The van der Waals surface area contributed by atoms with Gasteiger partial charge in [0.05, 0.1) is 5.69 Å². The van der Waals surface area contributed by atoms with E-state index in [9.17, 15) is 9.90 Å². The molecule has 1 rings (SSSR count). The van der Waals surface area contributed by atoms with Crippen LogP contribution in [-0.2, 0) is 12.8 Å². The lowest BCUT2D eigenvalue weighted by Gasteiger charge is -2.29. The molecule has 0 aliphatic heterocycles. The lowest BCUT2D eigenvalue weighted by molar-refractivity contribution is 0.0695. The highest BCUT2D eigenvalue weighted by molar-refractivity contribution is 5.95. The van der Waals surface area contributed by atoms with Gasteiger partial charge >= 0.3 is 5.97 Å². The summed E-state index contributed by atoms with van der Waals surface area (Å²) in [5, 5.41) is 18.1. The van der Waals surface area contributed by atoms with Crippen molar-refractivity contribution < 1.29 is 9.90 Å². The van der Waals surface area contributed by atoms with Crippen molar-refractivity contribution in [2.45, 2.75) is 59.9 Å². The highest BCUT2D eigenvalue weighted by atomic mass is 16.4. The number of aryl methyl sites for hydroxylation is 1. The van der Waals surface area contributed by atoms with Crippen molar-refractivity contribution in [1.29, 1.82) is 0 Å². The third kappa shape index (κ3) is 3.08. The van der Waals surface area contributed by atoms with Crippen LogP contribution in [-0.4, -0.2) is 33.9 Å². The molecule has 0 saturated heterocycles. The van der Waals surface area contributed by atoms with Gasteiger partial charge in [0.1, 0.15) is 5.56 Å². The Kier molecular flexibility index (Phi) is 5.92. The number of hydrogen-bond acceptors (Lipinski definition) is 4. The smallest absolute Gasteiger partial charge is 0.339 e. The summed E-state index contributed by atoms with van der Waals surface area (Å²) in [6.07, 6.45) is 2.29. The van der Waals surface area contributed by atoms with Crippen LogP contribution >= 0.6 is 0 Å². The van der Waals surface area contributed by atoms with E-state index in [0.717, 1.165) is 24.2 Å². The van der Waals surface area contributed by atoms with Crippen molar-refractivity contribution in [2.75, 3.05) is 11.4 Å². The fourth-order valence-electron chi connectivity index (χ4n) is 2.48. The van der Waals surface area contributed by atoms with Crippen LogP contribution in [0, 0.1) is 0 Å². The second-order valence-corrected chi connectivity index (χ2v) is 4.88. The number of nitrogens with zero attached hydrogens (tertiary/aromatic N) is 3. The zero-order valence-corrected chi connectivity index (χ0v) is 13.1. The molecule has 0 saturated carbocycles. The van der Waals surface area contributed by atoms with E-state index in [1.165, 1.54) is 0 Å². The maximum atomic E-state index is 11.7. The van der Waals surface area contributed by atoms with E-state index in [4.69, 9.17) is 0 Å². The molecule has 1 aromatic heterocycles. The minimum Gasteiger partial charge on any atom is -0.478 e. The van der Waals surface area contributed by atoms with E-state index in [1.54, 1.807) is 0 Å². The normalized spacial score (nSPS) is 12.2. The molecule has 1 heterocycles. The average Bonchev–Trinajstić information content (AvgIpc) is 2.46. The molecule has 0 fully saturated rings. The van der Waals surface area contributed by atoms with Crippen LogP contribution in [0.5, 0.6) is 0 Å². The van der Waals surface area contributed by atoms with Crippen LogP contribution in [0.2, 0.25) is 0 Å². The number of aromatic nitrogens is 2. The fourth-order valence-corrected chi connectivity index (χ4v) is 2.48. The highest BCUT2D eigenvalue weighted by Crippen LogP contribution is 2.26. The molecule has 1 N–H and O–H groups in total. The molecule has 5 heteroatoms. The van der Waals surface area contributed by atoms with Crippen LogP contribution in [0.15, 0.2) is 0 Å². The number of rotatable bonds is 7. The van der Waals surface area contributed by atoms with Gasteiger partial charge in [-0.3, -0.25) is 0 Å². The third-order valence-electron chi connectivity index (χ3n) is 3.78. The molecule has 1 atom stereocenters. The molecular weight excluding hydrogens is 254 g/mol. The van der Waals surface area contributed by atoms with Crippen molar-refractivity contribution in [3.8, 4) is 0 Å². The quantitative estimate of drug-likeness (QED) is 0.831. The van der Waals surface area contributed by atoms with Gasteiger partial charge in [0, 0.05) is 12.6 Å². The van der Waals surface area contributed by atoms with Gasteiger partial charge in [-0.25, -0.2) is 4.79 Å². The lowest BCUT2D eigenvalue weighted by Crippen LogP contribution is -2.35. The Bertz CT molecular complexity index is 474. The first-order valence-electron chi connectivity index (χ1n) is 7.39. The molecule has 0 amide bonds. The van der Waals surface area contributed by atoms with Crippen LogP contribution in [0.4, 0.5) is 5.82 Å². The predicted molar refractivity (Wildman–Crippen MR) is 80.5 cm³/mol. The summed E-state index contributed by atoms with van der Waals surface area (Å²) >= 11 is 0. The predicted octanol–water partition coefficient (Wildman–Crippen LogP) is 2.92. The second-order valence-electron chi connectivity index (χ2n) is 4.88. The monoisotopic (exact) mass is 279 g/mol. The number of hydrogen-bond donors (Lipinski definition) is 1. The van der Waals surface area contributed by atoms with Crippen LogP contribution < -0.4 is 4.90 Å². The molecule has 0 aliphatic rings. The zero-order chi connectivity index (χ0) is 15.3. The number of carboxylic acid groups (broad SMARTS) is 1. The summed E-state index contributed by atoms with van der Waals surface area (Å²) < 4.78 is 0. The Labute approximate surface area is 121 Å². The molecule has 20 heavy (non-hydrogen) atoms. The molecular formula is C15H25N3O2. The fraction of sp³-hybridized carbons (Fsp3) is 0.667. The molecule has 0 aromatic carbocycles. The Hall–Kier alpha value is -1.65. The average molecular weight is 279 g/mol. The van der Waals surface area contributed by atoms with Crippen molar-refractivity contribution in [2.24, 2.45) is 0 Å². The molecule has 0 radical (unpaired) electrons. The van der Waals surface area contributed by atoms with Crippen LogP contribution in [0.25, 0.3) is 0 Å². The van der Waals surface area contributed by atoms with Crippen LogP contribution in [0.3, 0.4) is 0 Å². The molecule has 0 bridgehead atoms. The molecule has 112 valence electrons. The standard InChI is InChI=1S/C15H25N3O2/c1-6-10(5)18(9-4)14-13(15(19)20)11(7-2)12(8-3)16-17-14/h10H,6-9H2,1-5H3,(H,19,20). The topological polar surface area (TPSA) is 66.3 Å². The Balaban J connectivity index is 3.49. The minimum atomic E-state index is -0.914. The van der Waals surface area contributed by atoms with E-state index in [0.29, 0.717) is 24.2 Å². The Morgan fingerprint density at radius 2 is 1.85 bits per heavy atom. The van der Waals surface area contributed by atoms with Crippen molar-refractivity contribution in [3.63, 3.8) is 0 Å². The Morgan fingerprint density at radius 3 is 2.25 bits per heavy atom. The summed E-state index contributed by atoms with van der Waals surface area (Å²) in [5.41, 5.74) is 1.92. The first-order valence-corrected chi connectivity index (χ1v) is 7.39. The Morgan fingerprint density at radius 1 is 1.20 bits per heavy atom. The molecule has 5 nitrogen and oxygen atoms in total. The van der Waals surface area contributed by atoms with Gasteiger partial charge in [-0.2, -0.15) is 5.10 Å². The number of anilines is 1. The van der Waals surface area contributed by atoms with Crippen molar-refractivity contribution in [1.82, 2.24) is 10.2 Å². The summed E-state index contributed by atoms with van der Waals surface area (Å²) in [6.45, 7) is 10.8. The molecule has 1 unspecified atom stereocenters. The summed E-state index contributed by atoms with van der Waals surface area (Å²) in [7, 11) is 0. The molecule has 1 aromatic rings. The summed E-state index contributed by atoms with van der Waals surface area (Å²) in [5.74, 6) is -0.411. The first kappa shape index (κ1) is 16.4. The van der Waals surface area contributed by atoms with Gasteiger partial charge in [-0.15, -0.1) is 5.10 Å². The number of aromatic carboxylic acids is 1. The van der Waals surface area contributed by atoms with E-state index in [-0.39, 0.29) is 6.04 Å². The highest BCUT2D eigenvalue weighted by Gasteiger charge is 2.25. The van der Waals surface area contributed by atoms with Gasteiger partial charge in [-0.05, 0) is 38.7 Å². The largest absolute Gasteiger partial charge is 0.478 e. The maximum Gasteiger partial charge on any atom is 0.339 e. The van der Waals surface area contributed by atoms with Gasteiger partial charge in [-0.1, -0.05) is 20.8 Å². The molecule has 0 spiro atoms. The summed E-state index contributed by atoms with van der Waals surface area (Å²) in [4.78, 5) is 13.7. The van der Waals surface area contributed by atoms with E-state index in [2.05, 4.69) is 24.0 Å².